The van der Waals surface area contributed by atoms with Gasteiger partial charge in [0.25, 0.3) is 0 Å². The van der Waals surface area contributed by atoms with Crippen molar-refractivity contribution in [1.29, 1.82) is 0 Å². The van der Waals surface area contributed by atoms with Crippen LogP contribution in [0.2, 0.25) is 0 Å². The van der Waals surface area contributed by atoms with Crippen LogP contribution in [0, 0.1) is 6.92 Å². The fraction of sp³-hybridized carbons (Fsp3) is 0.316. The van der Waals surface area contributed by atoms with Crippen molar-refractivity contribution in [2.75, 3.05) is 25.5 Å². The first kappa shape index (κ1) is 15.8. The van der Waals surface area contributed by atoms with E-state index in [2.05, 4.69) is 41.4 Å². The first-order valence-corrected chi connectivity index (χ1v) is 8.33. The van der Waals surface area contributed by atoms with Gasteiger partial charge in [0.1, 0.15) is 5.75 Å². The molecule has 1 aliphatic rings. The van der Waals surface area contributed by atoms with Gasteiger partial charge in [0.05, 0.1) is 7.11 Å². The summed E-state index contributed by atoms with van der Waals surface area (Å²) < 4.78 is 5.25. The summed E-state index contributed by atoms with van der Waals surface area (Å²) in [5.74, 6) is 1.39. The van der Waals surface area contributed by atoms with E-state index in [0.717, 1.165) is 36.1 Å². The van der Waals surface area contributed by atoms with Crippen molar-refractivity contribution >= 4 is 23.0 Å². The predicted molar refractivity (Wildman–Crippen MR) is 99.3 cm³/mol. The molecule has 4 heteroatoms. The molecule has 3 rings (SSSR count). The molecule has 23 heavy (non-hydrogen) atoms. The van der Waals surface area contributed by atoms with Crippen molar-refractivity contribution in [2.45, 2.75) is 19.3 Å². The number of likely N-dealkylation sites (tertiary alicyclic amines) is 1. The fourth-order valence-corrected chi connectivity index (χ4v) is 3.24. The molecule has 1 heterocycles. The van der Waals surface area contributed by atoms with Crippen LogP contribution in [-0.2, 0) is 0 Å². The largest absolute Gasteiger partial charge is 0.497 e. The Morgan fingerprint density at radius 2 is 2.00 bits per heavy atom. The molecule has 0 spiro atoms. The van der Waals surface area contributed by atoms with E-state index in [1.165, 1.54) is 11.1 Å². The van der Waals surface area contributed by atoms with E-state index < -0.39 is 0 Å². The van der Waals surface area contributed by atoms with Gasteiger partial charge in [-0.2, -0.15) is 0 Å². The number of methoxy groups -OCH3 is 1. The minimum Gasteiger partial charge on any atom is -0.497 e. The maximum atomic E-state index is 5.57. The molecule has 0 bridgehead atoms. The first-order valence-electron chi connectivity index (χ1n) is 7.92. The summed E-state index contributed by atoms with van der Waals surface area (Å²) in [6.45, 7) is 4.09. The number of aryl methyl sites for hydroxylation is 1. The van der Waals surface area contributed by atoms with Crippen LogP contribution in [-0.4, -0.2) is 30.2 Å². The van der Waals surface area contributed by atoms with E-state index in [1.54, 1.807) is 7.11 Å². The zero-order chi connectivity index (χ0) is 16.2. The molecule has 1 N–H and O–H groups in total. The second-order valence-corrected chi connectivity index (χ2v) is 6.39. The van der Waals surface area contributed by atoms with Gasteiger partial charge in [0.2, 0.25) is 0 Å². The minimum absolute atomic E-state index is 0.556. The van der Waals surface area contributed by atoms with Crippen LogP contribution >= 0.6 is 12.2 Å². The van der Waals surface area contributed by atoms with Crippen LogP contribution in [0.5, 0.6) is 5.75 Å². The monoisotopic (exact) mass is 326 g/mol. The van der Waals surface area contributed by atoms with E-state index in [0.29, 0.717) is 5.92 Å². The Balaban J connectivity index is 1.61. The van der Waals surface area contributed by atoms with Crippen LogP contribution in [0.3, 0.4) is 0 Å². The highest BCUT2D eigenvalue weighted by molar-refractivity contribution is 7.80. The Morgan fingerprint density at radius 3 is 2.74 bits per heavy atom. The molecule has 1 aliphatic heterocycles. The maximum Gasteiger partial charge on any atom is 0.173 e. The van der Waals surface area contributed by atoms with Gasteiger partial charge in [0.15, 0.2) is 5.11 Å². The second-order valence-electron chi connectivity index (χ2n) is 6.00. The lowest BCUT2D eigenvalue weighted by Gasteiger charge is -2.21. The van der Waals surface area contributed by atoms with E-state index in [-0.39, 0.29) is 0 Å². The number of nitrogens with one attached hydrogen (secondary N) is 1. The molecule has 0 amide bonds. The summed E-state index contributed by atoms with van der Waals surface area (Å²) >= 11 is 5.57. The summed E-state index contributed by atoms with van der Waals surface area (Å²) in [6.07, 6.45) is 1.14. The Labute approximate surface area is 143 Å². The number of ether oxygens (including phenoxy) is 1. The third-order valence-electron chi connectivity index (χ3n) is 4.35. The lowest BCUT2D eigenvalue weighted by Crippen LogP contribution is -2.32. The molecule has 2 aromatic rings. The third-order valence-corrected chi connectivity index (χ3v) is 4.71. The highest BCUT2D eigenvalue weighted by Gasteiger charge is 2.25. The summed E-state index contributed by atoms with van der Waals surface area (Å²) in [7, 11) is 1.67. The average molecular weight is 326 g/mol. The van der Waals surface area contributed by atoms with Crippen LogP contribution < -0.4 is 10.1 Å². The molecule has 0 aromatic heterocycles. The van der Waals surface area contributed by atoms with E-state index in [1.807, 2.05) is 24.3 Å². The molecular weight excluding hydrogens is 304 g/mol. The number of nitrogens with zero attached hydrogens (tertiary/aromatic N) is 1. The molecule has 120 valence electrons. The second kappa shape index (κ2) is 7.01. The van der Waals surface area contributed by atoms with Crippen LogP contribution in [0.15, 0.2) is 48.5 Å². The lowest BCUT2D eigenvalue weighted by atomic mass is 9.98. The lowest BCUT2D eigenvalue weighted by molar-refractivity contribution is 0.415. The fourth-order valence-electron chi connectivity index (χ4n) is 2.96. The highest BCUT2D eigenvalue weighted by Crippen LogP contribution is 2.28. The number of hydrogen-bond acceptors (Lipinski definition) is 2. The van der Waals surface area contributed by atoms with E-state index in [9.17, 15) is 0 Å². The molecule has 0 unspecified atom stereocenters. The molecular formula is C19H22N2OS. The normalized spacial score (nSPS) is 17.1. The summed E-state index contributed by atoms with van der Waals surface area (Å²) in [5.41, 5.74) is 3.68. The average Bonchev–Trinajstić information content (AvgIpc) is 3.06. The van der Waals surface area contributed by atoms with Crippen molar-refractivity contribution in [1.82, 2.24) is 4.90 Å². The number of benzene rings is 2. The summed E-state index contributed by atoms with van der Waals surface area (Å²) in [5, 5.41) is 4.10. The predicted octanol–water partition coefficient (Wildman–Crippen LogP) is 4.19. The van der Waals surface area contributed by atoms with Gasteiger partial charge in [-0.15, -0.1) is 0 Å². The number of rotatable bonds is 3. The molecule has 1 atom stereocenters. The summed E-state index contributed by atoms with van der Waals surface area (Å²) in [4.78, 5) is 2.25. The zero-order valence-electron chi connectivity index (χ0n) is 13.6. The van der Waals surface area contributed by atoms with Gasteiger partial charge in [-0.25, -0.2) is 0 Å². The van der Waals surface area contributed by atoms with Gasteiger partial charge >= 0.3 is 0 Å². The molecule has 0 aliphatic carbocycles. The highest BCUT2D eigenvalue weighted by atomic mass is 32.1. The van der Waals surface area contributed by atoms with Crippen molar-refractivity contribution in [3.63, 3.8) is 0 Å². The SMILES string of the molecule is COc1cccc(NC(=S)N2CC[C@H](c3ccc(C)cc3)C2)c1. The molecule has 1 fully saturated rings. The minimum atomic E-state index is 0.556. The standard InChI is InChI=1S/C19H22N2OS/c1-14-6-8-15(9-7-14)16-10-11-21(13-16)19(23)20-17-4-3-5-18(12-17)22-2/h3-9,12,16H,10-11,13H2,1-2H3,(H,20,23)/t16-/m0/s1. The van der Waals surface area contributed by atoms with Crippen LogP contribution in [0.25, 0.3) is 0 Å². The van der Waals surface area contributed by atoms with Gasteiger partial charge < -0.3 is 15.0 Å². The van der Waals surface area contributed by atoms with E-state index in [4.69, 9.17) is 17.0 Å². The Bertz CT molecular complexity index is 684. The molecule has 2 aromatic carbocycles. The topological polar surface area (TPSA) is 24.5 Å². The number of hydrogen-bond donors (Lipinski definition) is 1. The quantitative estimate of drug-likeness (QED) is 0.855. The first-order chi connectivity index (χ1) is 11.2. The zero-order valence-corrected chi connectivity index (χ0v) is 14.4. The van der Waals surface area contributed by atoms with E-state index >= 15 is 0 Å². The molecule has 0 saturated carbocycles. The van der Waals surface area contributed by atoms with Crippen molar-refractivity contribution in [2.24, 2.45) is 0 Å². The van der Waals surface area contributed by atoms with Gasteiger partial charge in [0, 0.05) is 30.8 Å². The third kappa shape index (κ3) is 3.82. The molecule has 3 nitrogen and oxygen atoms in total. The maximum absolute atomic E-state index is 5.57. The number of anilines is 1. The van der Waals surface area contributed by atoms with Crippen molar-refractivity contribution in [3.05, 3.63) is 59.7 Å². The van der Waals surface area contributed by atoms with Crippen molar-refractivity contribution in [3.8, 4) is 5.75 Å². The van der Waals surface area contributed by atoms with Gasteiger partial charge in [-0.05, 0) is 43.3 Å². The van der Waals surface area contributed by atoms with Gasteiger partial charge in [-0.1, -0.05) is 35.9 Å². The molecule has 1 saturated heterocycles. The Kier molecular flexibility index (Phi) is 4.82. The van der Waals surface area contributed by atoms with Crippen LogP contribution in [0.4, 0.5) is 5.69 Å². The van der Waals surface area contributed by atoms with Gasteiger partial charge in [-0.3, -0.25) is 0 Å². The summed E-state index contributed by atoms with van der Waals surface area (Å²) in [6, 6.07) is 16.7. The van der Waals surface area contributed by atoms with Crippen LogP contribution in [0.1, 0.15) is 23.5 Å². The smallest absolute Gasteiger partial charge is 0.173 e. The Hall–Kier alpha value is -2.07. The van der Waals surface area contributed by atoms with Crippen molar-refractivity contribution < 1.29 is 4.74 Å². The number of thiocarbonyl (C=S) groups is 1. The Morgan fingerprint density at radius 1 is 1.22 bits per heavy atom. The molecule has 0 radical (unpaired) electrons.